The van der Waals surface area contributed by atoms with Gasteiger partial charge in [-0.1, -0.05) is 0 Å². The van der Waals surface area contributed by atoms with Crippen LogP contribution in [0.5, 0.6) is 0 Å². The monoisotopic (exact) mass is 267 g/mol. The lowest BCUT2D eigenvalue weighted by molar-refractivity contribution is 0.0768. The van der Waals surface area contributed by atoms with Crippen molar-refractivity contribution in [3.8, 4) is 11.4 Å². The molecule has 1 unspecified atom stereocenters. The second-order valence-corrected chi connectivity index (χ2v) is 5.86. The van der Waals surface area contributed by atoms with Crippen LogP contribution < -0.4 is 5.32 Å². The smallest absolute Gasteiger partial charge is 0.113 e. The SMILES string of the molecule is Cc1nc(-c2csc(C3COCCN3)n2)cs1. The Balaban J connectivity index is 1.82. The zero-order chi connectivity index (χ0) is 11.7. The fourth-order valence-electron chi connectivity index (χ4n) is 1.77. The molecule has 17 heavy (non-hydrogen) atoms. The van der Waals surface area contributed by atoms with E-state index in [1.807, 2.05) is 6.92 Å². The molecule has 1 aliphatic rings. The highest BCUT2D eigenvalue weighted by atomic mass is 32.1. The molecule has 1 N–H and O–H groups in total. The normalized spacial score (nSPS) is 20.6. The van der Waals surface area contributed by atoms with Gasteiger partial charge in [0.25, 0.3) is 0 Å². The maximum Gasteiger partial charge on any atom is 0.113 e. The zero-order valence-corrected chi connectivity index (χ0v) is 11.1. The van der Waals surface area contributed by atoms with Crippen molar-refractivity contribution >= 4 is 22.7 Å². The second kappa shape index (κ2) is 4.81. The molecule has 0 saturated carbocycles. The first-order valence-corrected chi connectivity index (χ1v) is 7.28. The van der Waals surface area contributed by atoms with Crippen molar-refractivity contribution in [1.82, 2.24) is 15.3 Å². The Hall–Kier alpha value is -0.820. The molecule has 3 heterocycles. The Kier molecular flexibility index (Phi) is 3.19. The highest BCUT2D eigenvalue weighted by Crippen LogP contribution is 2.27. The first-order valence-electron chi connectivity index (χ1n) is 5.52. The maximum atomic E-state index is 5.45. The minimum atomic E-state index is 0.238. The molecular weight excluding hydrogens is 254 g/mol. The van der Waals surface area contributed by atoms with Gasteiger partial charge in [0.1, 0.15) is 16.4 Å². The fourth-order valence-corrected chi connectivity index (χ4v) is 3.25. The average Bonchev–Trinajstić information content (AvgIpc) is 2.98. The van der Waals surface area contributed by atoms with Crippen molar-refractivity contribution in [2.45, 2.75) is 13.0 Å². The third-order valence-corrected chi connectivity index (χ3v) is 4.36. The lowest BCUT2D eigenvalue weighted by Gasteiger charge is -2.21. The Morgan fingerprint density at radius 2 is 2.12 bits per heavy atom. The minimum absolute atomic E-state index is 0.238. The molecule has 0 bridgehead atoms. The van der Waals surface area contributed by atoms with E-state index in [9.17, 15) is 0 Å². The van der Waals surface area contributed by atoms with Crippen LogP contribution in [0.2, 0.25) is 0 Å². The molecule has 3 rings (SSSR count). The predicted octanol–water partition coefficient (Wildman–Crippen LogP) is 2.24. The fraction of sp³-hybridized carbons (Fsp3) is 0.455. The van der Waals surface area contributed by atoms with Crippen LogP contribution in [0.4, 0.5) is 0 Å². The lowest BCUT2D eigenvalue weighted by atomic mass is 10.3. The molecule has 1 fully saturated rings. The molecule has 0 aliphatic carbocycles. The third kappa shape index (κ3) is 2.40. The minimum Gasteiger partial charge on any atom is -0.378 e. The van der Waals surface area contributed by atoms with Crippen LogP contribution in [0.3, 0.4) is 0 Å². The van der Waals surface area contributed by atoms with Crippen LogP contribution in [0.1, 0.15) is 16.1 Å². The van der Waals surface area contributed by atoms with Crippen molar-refractivity contribution in [2.24, 2.45) is 0 Å². The topological polar surface area (TPSA) is 47.0 Å². The number of nitrogens with zero attached hydrogens (tertiary/aromatic N) is 2. The van der Waals surface area contributed by atoms with E-state index in [0.717, 1.165) is 34.6 Å². The standard InChI is InChI=1S/C11H13N3OS2/c1-7-13-9(5-16-7)10-6-17-11(14-10)8-4-15-3-2-12-8/h5-6,8,12H,2-4H2,1H3. The van der Waals surface area contributed by atoms with Crippen LogP contribution >= 0.6 is 22.7 Å². The molecule has 6 heteroatoms. The summed E-state index contributed by atoms with van der Waals surface area (Å²) in [4.78, 5) is 9.09. The number of hydrogen-bond acceptors (Lipinski definition) is 6. The van der Waals surface area contributed by atoms with Crippen molar-refractivity contribution in [1.29, 1.82) is 0 Å². The molecule has 2 aromatic rings. The number of thiazole rings is 2. The van der Waals surface area contributed by atoms with Gasteiger partial charge in [-0.2, -0.15) is 0 Å². The first-order chi connectivity index (χ1) is 8.33. The van der Waals surface area contributed by atoms with Gasteiger partial charge < -0.3 is 10.1 Å². The van der Waals surface area contributed by atoms with Crippen LogP contribution in [-0.2, 0) is 4.74 Å². The number of hydrogen-bond donors (Lipinski definition) is 1. The summed E-state index contributed by atoms with van der Waals surface area (Å²) in [5, 5.41) is 9.70. The Bertz CT molecular complexity index is 502. The summed E-state index contributed by atoms with van der Waals surface area (Å²) in [7, 11) is 0. The number of aromatic nitrogens is 2. The summed E-state index contributed by atoms with van der Waals surface area (Å²) in [5.41, 5.74) is 1.95. The number of ether oxygens (including phenoxy) is 1. The van der Waals surface area contributed by atoms with Gasteiger partial charge in [0, 0.05) is 17.3 Å². The van der Waals surface area contributed by atoms with Gasteiger partial charge in [-0.05, 0) is 6.92 Å². The maximum absolute atomic E-state index is 5.45. The molecule has 2 aromatic heterocycles. The van der Waals surface area contributed by atoms with Gasteiger partial charge in [-0.15, -0.1) is 22.7 Å². The van der Waals surface area contributed by atoms with Gasteiger partial charge in [0.05, 0.1) is 24.3 Å². The molecule has 0 aromatic carbocycles. The molecule has 0 radical (unpaired) electrons. The molecule has 0 amide bonds. The molecule has 1 atom stereocenters. The quantitative estimate of drug-likeness (QED) is 0.906. The summed E-state index contributed by atoms with van der Waals surface area (Å²) in [5.74, 6) is 0. The van der Waals surface area contributed by atoms with E-state index in [4.69, 9.17) is 4.74 Å². The number of aryl methyl sites for hydroxylation is 1. The number of nitrogens with one attached hydrogen (secondary N) is 1. The molecule has 1 saturated heterocycles. The van der Waals surface area contributed by atoms with Gasteiger partial charge in [-0.3, -0.25) is 0 Å². The van der Waals surface area contributed by atoms with Gasteiger partial charge in [0.2, 0.25) is 0 Å². The summed E-state index contributed by atoms with van der Waals surface area (Å²) in [6, 6.07) is 0.238. The van der Waals surface area contributed by atoms with Crippen LogP contribution in [0, 0.1) is 6.92 Å². The van der Waals surface area contributed by atoms with Crippen molar-refractivity contribution in [3.05, 3.63) is 20.8 Å². The first kappa shape index (κ1) is 11.3. The number of rotatable bonds is 2. The number of morpholine rings is 1. The van der Waals surface area contributed by atoms with Gasteiger partial charge in [0.15, 0.2) is 0 Å². The Labute approximate surface area is 108 Å². The molecule has 90 valence electrons. The third-order valence-electron chi connectivity index (χ3n) is 2.62. The summed E-state index contributed by atoms with van der Waals surface area (Å²) >= 11 is 3.33. The average molecular weight is 267 g/mol. The van der Waals surface area contributed by atoms with Crippen molar-refractivity contribution in [3.63, 3.8) is 0 Å². The molecule has 0 spiro atoms. The molecule has 4 nitrogen and oxygen atoms in total. The largest absolute Gasteiger partial charge is 0.378 e. The van der Waals surface area contributed by atoms with Crippen molar-refractivity contribution < 1.29 is 4.74 Å². The van der Waals surface area contributed by atoms with E-state index in [-0.39, 0.29) is 6.04 Å². The van der Waals surface area contributed by atoms with E-state index in [2.05, 4.69) is 26.0 Å². The summed E-state index contributed by atoms with van der Waals surface area (Å²) in [6.45, 7) is 4.41. The zero-order valence-electron chi connectivity index (χ0n) is 9.47. The highest BCUT2D eigenvalue weighted by molar-refractivity contribution is 7.10. The van der Waals surface area contributed by atoms with E-state index in [0.29, 0.717) is 6.61 Å². The van der Waals surface area contributed by atoms with E-state index in [1.165, 1.54) is 0 Å². The summed E-state index contributed by atoms with van der Waals surface area (Å²) < 4.78 is 5.45. The lowest BCUT2D eigenvalue weighted by Crippen LogP contribution is -2.34. The predicted molar refractivity (Wildman–Crippen MR) is 69.5 cm³/mol. The van der Waals surface area contributed by atoms with E-state index in [1.54, 1.807) is 22.7 Å². The van der Waals surface area contributed by atoms with E-state index < -0.39 is 0 Å². The van der Waals surface area contributed by atoms with Crippen molar-refractivity contribution in [2.75, 3.05) is 19.8 Å². The Morgan fingerprint density at radius 3 is 2.82 bits per heavy atom. The second-order valence-electron chi connectivity index (χ2n) is 3.90. The van der Waals surface area contributed by atoms with Crippen LogP contribution in [0.15, 0.2) is 10.8 Å². The van der Waals surface area contributed by atoms with Crippen LogP contribution in [-0.4, -0.2) is 29.7 Å². The van der Waals surface area contributed by atoms with Gasteiger partial charge >= 0.3 is 0 Å². The van der Waals surface area contributed by atoms with E-state index >= 15 is 0 Å². The van der Waals surface area contributed by atoms with Crippen LogP contribution in [0.25, 0.3) is 11.4 Å². The molecule has 1 aliphatic heterocycles. The molecular formula is C11H13N3OS2. The summed E-state index contributed by atoms with van der Waals surface area (Å²) in [6.07, 6.45) is 0. The van der Waals surface area contributed by atoms with Gasteiger partial charge in [-0.25, -0.2) is 9.97 Å². The Morgan fingerprint density at radius 1 is 1.29 bits per heavy atom. The highest BCUT2D eigenvalue weighted by Gasteiger charge is 2.19.